The molecule has 4 rings (SSSR count). The van der Waals surface area contributed by atoms with Crippen LogP contribution in [0.25, 0.3) is 11.1 Å². The van der Waals surface area contributed by atoms with Crippen molar-refractivity contribution in [2.45, 2.75) is 32.4 Å². The number of hydrogen-bond acceptors (Lipinski definition) is 6. The maximum Gasteiger partial charge on any atom is 0.405 e. The number of carbonyl (C=O) groups excluding carboxylic acids is 1. The summed E-state index contributed by atoms with van der Waals surface area (Å²) in [6.07, 6.45) is 3.02. The predicted octanol–water partition coefficient (Wildman–Crippen LogP) is 2.01. The molecular formula is C21H26N6O3. The summed E-state index contributed by atoms with van der Waals surface area (Å²) in [6.45, 7) is 7.04. The van der Waals surface area contributed by atoms with E-state index in [4.69, 9.17) is 0 Å². The average molecular weight is 410 g/mol. The fourth-order valence-corrected chi connectivity index (χ4v) is 4.31. The number of carbonyl (C=O) groups is 2. The first-order valence-corrected chi connectivity index (χ1v) is 10.2. The van der Waals surface area contributed by atoms with Crippen molar-refractivity contribution in [3.63, 3.8) is 0 Å². The van der Waals surface area contributed by atoms with Crippen LogP contribution in [0.4, 0.5) is 16.4 Å². The van der Waals surface area contributed by atoms with Crippen molar-refractivity contribution in [3.05, 3.63) is 36.2 Å². The zero-order valence-corrected chi connectivity index (χ0v) is 17.1. The molecule has 2 amide bonds. The number of nitrogens with zero attached hydrogens (tertiary/aromatic N) is 4. The quantitative estimate of drug-likeness (QED) is 0.710. The Morgan fingerprint density at radius 3 is 2.50 bits per heavy atom. The van der Waals surface area contributed by atoms with E-state index in [0.717, 1.165) is 48.6 Å². The number of amides is 2. The SMILES string of the molecule is CC(=O)N1c2ccc(-c3cnc(N4CCNCC4)nc3)cc2C(NC(=O)O)CC1C. The number of nitrogens with one attached hydrogen (secondary N) is 2. The minimum absolute atomic E-state index is 0.0611. The van der Waals surface area contributed by atoms with Crippen molar-refractivity contribution in [1.82, 2.24) is 20.6 Å². The second-order valence-electron chi connectivity index (χ2n) is 7.76. The fraction of sp³-hybridized carbons (Fsp3) is 0.429. The van der Waals surface area contributed by atoms with Crippen LogP contribution in [0.3, 0.4) is 0 Å². The van der Waals surface area contributed by atoms with Crippen LogP contribution in [0.5, 0.6) is 0 Å². The second-order valence-corrected chi connectivity index (χ2v) is 7.76. The number of fused-ring (bicyclic) bond motifs is 1. The molecule has 3 N–H and O–H groups in total. The van der Waals surface area contributed by atoms with Crippen LogP contribution >= 0.6 is 0 Å². The Balaban J connectivity index is 1.67. The lowest BCUT2D eigenvalue weighted by Crippen LogP contribution is -2.45. The van der Waals surface area contributed by atoms with Gasteiger partial charge in [-0.1, -0.05) is 6.07 Å². The van der Waals surface area contributed by atoms with Gasteiger partial charge >= 0.3 is 6.09 Å². The largest absolute Gasteiger partial charge is 0.465 e. The van der Waals surface area contributed by atoms with E-state index in [1.165, 1.54) is 6.92 Å². The van der Waals surface area contributed by atoms with Crippen molar-refractivity contribution in [3.8, 4) is 11.1 Å². The molecule has 0 aliphatic carbocycles. The van der Waals surface area contributed by atoms with Gasteiger partial charge in [0.05, 0.1) is 6.04 Å². The van der Waals surface area contributed by atoms with Gasteiger partial charge in [0.15, 0.2) is 0 Å². The van der Waals surface area contributed by atoms with Crippen molar-refractivity contribution in [1.29, 1.82) is 0 Å². The van der Waals surface area contributed by atoms with E-state index >= 15 is 0 Å². The zero-order valence-electron chi connectivity index (χ0n) is 17.1. The number of piperazine rings is 1. The molecule has 0 radical (unpaired) electrons. The lowest BCUT2D eigenvalue weighted by atomic mass is 9.89. The number of benzene rings is 1. The third-order valence-corrected chi connectivity index (χ3v) is 5.69. The standard InChI is InChI=1S/C21H26N6O3/c1-13-9-18(25-21(29)30)17-10-15(3-4-19(17)27(13)14(2)28)16-11-23-20(24-12-16)26-7-5-22-6-8-26/h3-4,10-13,18,22,25H,5-9H2,1-2H3,(H,29,30). The van der Waals surface area contributed by atoms with E-state index in [-0.39, 0.29) is 18.0 Å². The van der Waals surface area contributed by atoms with E-state index < -0.39 is 6.09 Å². The molecule has 1 saturated heterocycles. The maximum absolute atomic E-state index is 12.2. The molecule has 158 valence electrons. The van der Waals surface area contributed by atoms with E-state index in [2.05, 4.69) is 25.5 Å². The summed E-state index contributed by atoms with van der Waals surface area (Å²) in [4.78, 5) is 36.4. The molecule has 1 fully saturated rings. The summed E-state index contributed by atoms with van der Waals surface area (Å²) in [5.41, 5.74) is 3.26. The van der Waals surface area contributed by atoms with Crippen LogP contribution in [0.15, 0.2) is 30.6 Å². The Kier molecular flexibility index (Phi) is 5.54. The van der Waals surface area contributed by atoms with Crippen molar-refractivity contribution >= 4 is 23.6 Å². The van der Waals surface area contributed by atoms with E-state index in [1.54, 1.807) is 17.3 Å². The molecule has 9 heteroatoms. The molecule has 0 saturated carbocycles. The molecule has 0 bridgehead atoms. The Labute approximate surface area is 175 Å². The first-order valence-electron chi connectivity index (χ1n) is 10.2. The summed E-state index contributed by atoms with van der Waals surface area (Å²) in [7, 11) is 0. The van der Waals surface area contributed by atoms with Gasteiger partial charge in [-0.15, -0.1) is 0 Å². The molecule has 0 spiro atoms. The zero-order chi connectivity index (χ0) is 21.3. The van der Waals surface area contributed by atoms with Crippen molar-refractivity contribution in [2.75, 3.05) is 36.0 Å². The number of hydrogen-bond donors (Lipinski definition) is 3. The summed E-state index contributed by atoms with van der Waals surface area (Å²) in [5, 5.41) is 15.2. The molecule has 2 atom stereocenters. The molecule has 2 unspecified atom stereocenters. The molecule has 1 aromatic heterocycles. The van der Waals surface area contributed by atoms with Crippen LogP contribution in [0.1, 0.15) is 31.9 Å². The van der Waals surface area contributed by atoms with Crippen LogP contribution in [-0.2, 0) is 4.79 Å². The number of rotatable bonds is 3. The van der Waals surface area contributed by atoms with Gasteiger partial charge in [0, 0.05) is 62.8 Å². The number of aromatic nitrogens is 2. The maximum atomic E-state index is 12.2. The van der Waals surface area contributed by atoms with Gasteiger partial charge in [-0.25, -0.2) is 14.8 Å². The molecule has 2 aromatic rings. The van der Waals surface area contributed by atoms with E-state index in [0.29, 0.717) is 12.4 Å². The van der Waals surface area contributed by atoms with E-state index in [1.807, 2.05) is 25.1 Å². The summed E-state index contributed by atoms with van der Waals surface area (Å²) in [5.74, 6) is 0.647. The second kappa shape index (κ2) is 8.27. The van der Waals surface area contributed by atoms with Crippen LogP contribution in [-0.4, -0.2) is 59.3 Å². The smallest absolute Gasteiger partial charge is 0.405 e. The minimum Gasteiger partial charge on any atom is -0.465 e. The number of carboxylic acid groups (broad SMARTS) is 1. The summed E-state index contributed by atoms with van der Waals surface area (Å²) >= 11 is 0. The van der Waals surface area contributed by atoms with Crippen LogP contribution in [0.2, 0.25) is 0 Å². The third-order valence-electron chi connectivity index (χ3n) is 5.69. The topological polar surface area (TPSA) is 111 Å². The van der Waals surface area contributed by atoms with Gasteiger partial charge in [-0.05, 0) is 36.6 Å². The van der Waals surface area contributed by atoms with Gasteiger partial charge in [0.1, 0.15) is 0 Å². The first-order chi connectivity index (χ1) is 14.4. The summed E-state index contributed by atoms with van der Waals surface area (Å²) in [6, 6.07) is 5.25. The van der Waals surface area contributed by atoms with Gasteiger partial charge < -0.3 is 25.5 Å². The highest BCUT2D eigenvalue weighted by Gasteiger charge is 2.33. The molecule has 1 aromatic carbocycles. The highest BCUT2D eigenvalue weighted by Crippen LogP contribution is 2.39. The lowest BCUT2D eigenvalue weighted by molar-refractivity contribution is -0.117. The van der Waals surface area contributed by atoms with Crippen LogP contribution < -0.4 is 20.4 Å². The van der Waals surface area contributed by atoms with Crippen molar-refractivity contribution < 1.29 is 14.7 Å². The van der Waals surface area contributed by atoms with Gasteiger partial charge in [0.2, 0.25) is 11.9 Å². The third kappa shape index (κ3) is 3.93. The highest BCUT2D eigenvalue weighted by atomic mass is 16.4. The van der Waals surface area contributed by atoms with Gasteiger partial charge in [0.25, 0.3) is 0 Å². The summed E-state index contributed by atoms with van der Waals surface area (Å²) < 4.78 is 0. The molecular weight excluding hydrogens is 384 g/mol. The van der Waals surface area contributed by atoms with Gasteiger partial charge in [-0.2, -0.15) is 0 Å². The monoisotopic (exact) mass is 410 g/mol. The highest BCUT2D eigenvalue weighted by molar-refractivity contribution is 5.94. The number of anilines is 2. The lowest BCUT2D eigenvalue weighted by Gasteiger charge is -2.39. The molecule has 2 aliphatic rings. The normalized spacial score (nSPS) is 21.1. The van der Waals surface area contributed by atoms with Crippen molar-refractivity contribution in [2.24, 2.45) is 0 Å². The average Bonchev–Trinajstić information content (AvgIpc) is 2.73. The fourth-order valence-electron chi connectivity index (χ4n) is 4.31. The Morgan fingerprint density at radius 1 is 1.17 bits per heavy atom. The predicted molar refractivity (Wildman–Crippen MR) is 114 cm³/mol. The Bertz CT molecular complexity index is 942. The molecule has 9 nitrogen and oxygen atoms in total. The minimum atomic E-state index is -1.08. The first kappa shape index (κ1) is 20.1. The van der Waals surface area contributed by atoms with Crippen LogP contribution in [0, 0.1) is 0 Å². The van der Waals surface area contributed by atoms with E-state index in [9.17, 15) is 14.7 Å². The molecule has 30 heavy (non-hydrogen) atoms. The molecule has 2 aliphatic heterocycles. The van der Waals surface area contributed by atoms with Gasteiger partial charge in [-0.3, -0.25) is 4.79 Å². The molecule has 3 heterocycles. The Hall–Kier alpha value is -3.20. The Morgan fingerprint density at radius 2 is 1.87 bits per heavy atom.